The predicted octanol–water partition coefficient (Wildman–Crippen LogP) is 9.04. The van der Waals surface area contributed by atoms with Crippen molar-refractivity contribution in [1.29, 1.82) is 0 Å². The number of carbonyl (C=O) groups is 1. The van der Waals surface area contributed by atoms with Crippen LogP contribution in [-0.2, 0) is 18.4 Å². The van der Waals surface area contributed by atoms with Gasteiger partial charge in [-0.3, -0.25) is 9.69 Å². The van der Waals surface area contributed by atoms with Gasteiger partial charge in [-0.2, -0.15) is 0 Å². The third-order valence-electron chi connectivity index (χ3n) is 12.0. The van der Waals surface area contributed by atoms with E-state index in [-0.39, 0.29) is 22.0 Å². The maximum atomic E-state index is 12.8. The van der Waals surface area contributed by atoms with Crippen LogP contribution in [-0.4, -0.2) is 66.0 Å². The van der Waals surface area contributed by atoms with Gasteiger partial charge in [-0.25, -0.2) is 0 Å². The van der Waals surface area contributed by atoms with Crippen LogP contribution in [0.3, 0.4) is 0 Å². The Balaban J connectivity index is 1.59. The Hall–Kier alpha value is -0.216. The first-order valence-electron chi connectivity index (χ1n) is 17.2. The van der Waals surface area contributed by atoms with Crippen molar-refractivity contribution in [1.82, 2.24) is 4.90 Å². The Morgan fingerprint density at radius 1 is 0.732 bits per heavy atom. The Morgan fingerprint density at radius 2 is 1.20 bits per heavy atom. The van der Waals surface area contributed by atoms with E-state index < -0.39 is 16.6 Å². The van der Waals surface area contributed by atoms with E-state index in [1.165, 1.54) is 51.4 Å². The zero-order valence-electron chi connectivity index (χ0n) is 28.9. The van der Waals surface area contributed by atoms with Crippen LogP contribution in [0.4, 0.5) is 0 Å². The molecule has 0 aromatic rings. The van der Waals surface area contributed by atoms with Gasteiger partial charge in [-0.05, 0) is 132 Å². The molecule has 0 bridgehead atoms. The molecule has 0 radical (unpaired) electrons. The second-order valence-electron chi connectivity index (χ2n) is 16.9. The topological polar surface area (TPSA) is 48.0 Å². The third-order valence-corrected chi connectivity index (χ3v) is 21.0. The number of carbonyl (C=O) groups excluding carboxylic acids is 1. The average Bonchev–Trinajstić information content (AvgIpc) is 2.90. The van der Waals surface area contributed by atoms with E-state index in [0.29, 0.717) is 36.4 Å². The number of nitrogens with zero attached hydrogens (tertiary/aromatic N) is 1. The Kier molecular flexibility index (Phi) is 12.3. The molecule has 3 fully saturated rings. The second kappa shape index (κ2) is 14.3. The molecule has 2 atom stereocenters. The normalized spacial score (nSPS) is 31.2. The van der Waals surface area contributed by atoms with Crippen molar-refractivity contribution in [3.8, 4) is 0 Å². The van der Waals surface area contributed by atoms with E-state index in [1.54, 1.807) is 0 Å². The fourth-order valence-electron chi connectivity index (χ4n) is 6.87. The molecule has 7 heteroatoms. The molecule has 0 aromatic heterocycles. The van der Waals surface area contributed by atoms with Crippen LogP contribution in [0.25, 0.3) is 0 Å². The van der Waals surface area contributed by atoms with Gasteiger partial charge < -0.3 is 13.6 Å². The fraction of sp³-hybridized carbons (Fsp3) is 0.971. The number of hydrogen-bond donors (Lipinski definition) is 0. The first kappa shape index (κ1) is 35.3. The van der Waals surface area contributed by atoms with Gasteiger partial charge in [0.2, 0.25) is 0 Å². The minimum Gasteiger partial charge on any atom is -0.466 e. The summed E-state index contributed by atoms with van der Waals surface area (Å²) in [7, 11) is -3.39. The Labute approximate surface area is 256 Å². The van der Waals surface area contributed by atoms with Crippen molar-refractivity contribution in [2.24, 2.45) is 23.7 Å². The third kappa shape index (κ3) is 9.39. The molecule has 41 heavy (non-hydrogen) atoms. The van der Waals surface area contributed by atoms with Crippen LogP contribution in [0, 0.1) is 23.7 Å². The Morgan fingerprint density at radius 3 is 1.63 bits per heavy atom. The molecule has 1 aliphatic heterocycles. The van der Waals surface area contributed by atoms with Gasteiger partial charge in [-0.15, -0.1) is 0 Å². The SMILES string of the molecule is CCOC(=O)C1CCN(C2CCC(CO[Si](C)(C)C(C)(C)C)CC2)C(C2CCC(CO[Si](C)(C)C(C)(C)C)CC2)C1. The first-order chi connectivity index (χ1) is 18.9. The van der Waals surface area contributed by atoms with Gasteiger partial charge >= 0.3 is 5.97 Å². The summed E-state index contributed by atoms with van der Waals surface area (Å²) in [6, 6.07) is 1.18. The smallest absolute Gasteiger partial charge is 0.309 e. The summed E-state index contributed by atoms with van der Waals surface area (Å²) in [4.78, 5) is 15.7. The summed E-state index contributed by atoms with van der Waals surface area (Å²) in [6.45, 7) is 28.9. The van der Waals surface area contributed by atoms with Gasteiger partial charge in [0.05, 0.1) is 12.5 Å². The maximum Gasteiger partial charge on any atom is 0.309 e. The molecule has 240 valence electrons. The molecule has 2 unspecified atom stereocenters. The van der Waals surface area contributed by atoms with Crippen molar-refractivity contribution >= 4 is 22.6 Å². The Bertz CT molecular complexity index is 818. The minimum absolute atomic E-state index is 0.0418. The van der Waals surface area contributed by atoms with Crippen LogP contribution >= 0.6 is 0 Å². The van der Waals surface area contributed by atoms with E-state index in [0.717, 1.165) is 32.6 Å². The molecule has 0 spiro atoms. The lowest BCUT2D eigenvalue weighted by Gasteiger charge is -2.49. The lowest BCUT2D eigenvalue weighted by Crippen LogP contribution is -2.54. The minimum atomic E-state index is -1.70. The number of rotatable bonds is 10. The zero-order valence-corrected chi connectivity index (χ0v) is 30.9. The lowest BCUT2D eigenvalue weighted by atomic mass is 9.73. The van der Waals surface area contributed by atoms with Gasteiger partial charge in [0, 0.05) is 25.3 Å². The summed E-state index contributed by atoms with van der Waals surface area (Å²) in [5.41, 5.74) is 0. The van der Waals surface area contributed by atoms with E-state index in [9.17, 15) is 4.79 Å². The van der Waals surface area contributed by atoms with Gasteiger partial charge in [-0.1, -0.05) is 41.5 Å². The van der Waals surface area contributed by atoms with Crippen molar-refractivity contribution in [3.05, 3.63) is 0 Å². The van der Waals surface area contributed by atoms with Gasteiger partial charge in [0.1, 0.15) is 0 Å². The summed E-state index contributed by atoms with van der Waals surface area (Å²) >= 11 is 0. The molecule has 3 rings (SSSR count). The summed E-state index contributed by atoms with van der Waals surface area (Å²) in [5, 5.41) is 0.543. The van der Waals surface area contributed by atoms with Crippen LogP contribution in [0.2, 0.25) is 36.3 Å². The van der Waals surface area contributed by atoms with Crippen molar-refractivity contribution in [3.63, 3.8) is 0 Å². The molecule has 1 heterocycles. The summed E-state index contributed by atoms with van der Waals surface area (Å²) in [5.74, 6) is 2.20. The molecular weight excluding hydrogens is 543 g/mol. The van der Waals surface area contributed by atoms with E-state index >= 15 is 0 Å². The fourth-order valence-corrected chi connectivity index (χ4v) is 9.05. The lowest BCUT2D eigenvalue weighted by molar-refractivity contribution is -0.151. The van der Waals surface area contributed by atoms with E-state index in [2.05, 4.69) is 72.6 Å². The first-order valence-corrected chi connectivity index (χ1v) is 23.0. The molecule has 2 saturated carbocycles. The van der Waals surface area contributed by atoms with Gasteiger partial charge in [0.25, 0.3) is 0 Å². The highest BCUT2D eigenvalue weighted by Crippen LogP contribution is 2.43. The number of piperidine rings is 1. The van der Waals surface area contributed by atoms with E-state index in [1.807, 2.05) is 6.92 Å². The molecular formula is C34H67NO4Si2. The summed E-state index contributed by atoms with van der Waals surface area (Å²) in [6.07, 6.45) is 12.2. The molecule has 0 N–H and O–H groups in total. The van der Waals surface area contributed by atoms with E-state index in [4.69, 9.17) is 13.6 Å². The zero-order chi connectivity index (χ0) is 30.6. The largest absolute Gasteiger partial charge is 0.466 e. The highest BCUT2D eigenvalue weighted by atomic mass is 28.4. The van der Waals surface area contributed by atoms with Crippen LogP contribution < -0.4 is 0 Å². The van der Waals surface area contributed by atoms with Crippen LogP contribution in [0.5, 0.6) is 0 Å². The molecule has 3 aliphatic rings. The average molecular weight is 610 g/mol. The number of ether oxygens (including phenoxy) is 1. The molecule has 0 amide bonds. The van der Waals surface area contributed by atoms with Crippen molar-refractivity contribution < 1.29 is 18.4 Å². The summed E-state index contributed by atoms with van der Waals surface area (Å²) < 4.78 is 18.8. The molecule has 5 nitrogen and oxygen atoms in total. The number of likely N-dealkylation sites (tertiary alicyclic amines) is 1. The number of hydrogen-bond acceptors (Lipinski definition) is 5. The second-order valence-corrected chi connectivity index (χ2v) is 26.5. The molecule has 0 aromatic carbocycles. The predicted molar refractivity (Wildman–Crippen MR) is 177 cm³/mol. The highest BCUT2D eigenvalue weighted by Gasteiger charge is 2.43. The van der Waals surface area contributed by atoms with Crippen molar-refractivity contribution in [2.45, 2.75) is 161 Å². The van der Waals surface area contributed by atoms with Crippen LogP contribution in [0.1, 0.15) is 113 Å². The maximum absolute atomic E-state index is 12.8. The van der Waals surface area contributed by atoms with Gasteiger partial charge in [0.15, 0.2) is 16.6 Å². The van der Waals surface area contributed by atoms with Crippen LogP contribution in [0.15, 0.2) is 0 Å². The monoisotopic (exact) mass is 609 g/mol. The standard InChI is InChI=1S/C34H67NO4Si2/c1-12-37-32(36)29-21-22-35(30-19-15-27(16-20-30)25-39-41(10,11)34(5,6)7)31(23-29)28-17-13-26(14-18-28)24-38-40(8,9)33(2,3)4/h26-31H,12-25H2,1-11H3. The molecule has 2 aliphatic carbocycles. The highest BCUT2D eigenvalue weighted by molar-refractivity contribution is 6.74. The van der Waals surface area contributed by atoms with Crippen molar-refractivity contribution in [2.75, 3.05) is 26.4 Å². The number of esters is 1. The molecule has 1 saturated heterocycles. The quantitative estimate of drug-likeness (QED) is 0.183.